The number of carbonyl (C=O) groups excluding carboxylic acids is 4. The minimum absolute atomic E-state index is 0.0736. The molecule has 0 aliphatic heterocycles. The molecule has 4 amide bonds. The van der Waals surface area contributed by atoms with Crippen LogP contribution in [-0.2, 0) is 24.0 Å². The van der Waals surface area contributed by atoms with Crippen molar-refractivity contribution in [3.8, 4) is 0 Å². The van der Waals surface area contributed by atoms with Crippen molar-refractivity contribution >= 4 is 53.1 Å². The molecule has 0 aromatic rings. The zero-order chi connectivity index (χ0) is 26.8. The van der Waals surface area contributed by atoms with Gasteiger partial charge in [0.15, 0.2) is 0 Å². The lowest BCUT2D eigenvalue weighted by Gasteiger charge is -2.25. The maximum absolute atomic E-state index is 13.0. The molecule has 0 spiro atoms. The number of rotatable bonds is 20. The Balaban J connectivity index is 5.43. The molecule has 12 nitrogen and oxygen atoms in total. The molecule has 0 heterocycles. The van der Waals surface area contributed by atoms with Gasteiger partial charge in [0.2, 0.25) is 23.6 Å². The van der Waals surface area contributed by atoms with Crippen LogP contribution in [0.4, 0.5) is 0 Å². The van der Waals surface area contributed by atoms with E-state index in [2.05, 4.69) is 16.0 Å². The van der Waals surface area contributed by atoms with E-state index in [9.17, 15) is 29.1 Å². The van der Waals surface area contributed by atoms with Gasteiger partial charge in [0, 0.05) is 6.42 Å². The van der Waals surface area contributed by atoms with E-state index in [1.54, 1.807) is 0 Å². The maximum atomic E-state index is 13.0. The van der Waals surface area contributed by atoms with Crippen molar-refractivity contribution < 1.29 is 29.1 Å². The van der Waals surface area contributed by atoms with Gasteiger partial charge in [-0.3, -0.25) is 19.2 Å². The molecule has 0 aromatic carbocycles. The summed E-state index contributed by atoms with van der Waals surface area (Å²) in [5.74, 6) is -2.56. The summed E-state index contributed by atoms with van der Waals surface area (Å²) in [5, 5.41) is 17.0. The van der Waals surface area contributed by atoms with E-state index in [4.69, 9.17) is 17.2 Å². The van der Waals surface area contributed by atoms with Crippen LogP contribution >= 0.6 is 23.5 Å². The lowest BCUT2D eigenvalue weighted by molar-refractivity contribution is -0.142. The summed E-state index contributed by atoms with van der Waals surface area (Å²) in [6, 6.07) is -4.14. The van der Waals surface area contributed by atoms with Gasteiger partial charge in [-0.1, -0.05) is 0 Å². The summed E-state index contributed by atoms with van der Waals surface area (Å²) in [6.07, 6.45) is 5.44. The number of amides is 4. The second kappa shape index (κ2) is 19.2. The highest BCUT2D eigenvalue weighted by Crippen LogP contribution is 2.07. The quantitative estimate of drug-likeness (QED) is 0.0916. The van der Waals surface area contributed by atoms with E-state index in [1.165, 1.54) is 23.5 Å². The first kappa shape index (κ1) is 33.0. The smallest absolute Gasteiger partial charge is 0.326 e. The molecule has 0 rings (SSSR count). The normalized spacial score (nSPS) is 14.3. The number of primary amides is 1. The van der Waals surface area contributed by atoms with Gasteiger partial charge in [0.05, 0.1) is 6.04 Å². The van der Waals surface area contributed by atoms with Crippen LogP contribution in [0.2, 0.25) is 0 Å². The van der Waals surface area contributed by atoms with Crippen LogP contribution in [0.15, 0.2) is 0 Å². The fraction of sp³-hybridized carbons (Fsp3) is 0.762. The summed E-state index contributed by atoms with van der Waals surface area (Å²) in [6.45, 7) is 0.409. The first-order chi connectivity index (χ1) is 16.6. The molecule has 0 radical (unpaired) electrons. The molecule has 4 atom stereocenters. The van der Waals surface area contributed by atoms with Crippen molar-refractivity contribution in [2.45, 2.75) is 69.1 Å². The number of hydrogen-bond donors (Lipinski definition) is 7. The summed E-state index contributed by atoms with van der Waals surface area (Å²) < 4.78 is 0. The van der Waals surface area contributed by atoms with Crippen molar-refractivity contribution in [2.75, 3.05) is 30.6 Å². The Morgan fingerprint density at radius 2 is 1.29 bits per heavy atom. The van der Waals surface area contributed by atoms with E-state index in [0.717, 1.165) is 0 Å². The van der Waals surface area contributed by atoms with Crippen molar-refractivity contribution in [1.82, 2.24) is 16.0 Å². The fourth-order valence-electron chi connectivity index (χ4n) is 3.01. The number of carbonyl (C=O) groups is 5. The third-order valence-corrected chi connectivity index (χ3v) is 6.38. The fourth-order valence-corrected chi connectivity index (χ4v) is 3.97. The van der Waals surface area contributed by atoms with Gasteiger partial charge < -0.3 is 38.3 Å². The molecule has 0 aliphatic rings. The minimum atomic E-state index is -1.18. The van der Waals surface area contributed by atoms with Crippen LogP contribution < -0.4 is 33.2 Å². The Bertz CT molecular complexity index is 699. The SMILES string of the molecule is CSCCC(N)C(=O)NC(CCC(N)=O)C(=O)NC(CCSC)C(=O)NC(CCCCN)C(=O)O. The standard InChI is InChI=1S/C21H40N6O6S2/c1-34-11-8-13(23)18(29)25-14(6-7-17(24)28)19(30)26-15(9-12-35-2)20(31)27-16(21(32)33)5-3-4-10-22/h13-16H,3-12,22-23H2,1-2H3,(H2,24,28)(H,25,29)(H,26,30)(H,27,31)(H,32,33). The number of aliphatic carboxylic acids is 1. The van der Waals surface area contributed by atoms with Crippen molar-refractivity contribution in [1.29, 1.82) is 0 Å². The zero-order valence-corrected chi connectivity index (χ0v) is 22.1. The lowest BCUT2D eigenvalue weighted by Crippen LogP contribution is -2.57. The van der Waals surface area contributed by atoms with Crippen molar-refractivity contribution in [2.24, 2.45) is 17.2 Å². The maximum Gasteiger partial charge on any atom is 0.326 e. The Kier molecular flexibility index (Phi) is 18.1. The second-order valence-electron chi connectivity index (χ2n) is 7.98. The minimum Gasteiger partial charge on any atom is -0.480 e. The average Bonchev–Trinajstić information content (AvgIpc) is 2.81. The summed E-state index contributed by atoms with van der Waals surface area (Å²) >= 11 is 2.97. The molecular weight excluding hydrogens is 496 g/mol. The molecule has 202 valence electrons. The van der Waals surface area contributed by atoms with E-state index in [0.29, 0.717) is 37.3 Å². The van der Waals surface area contributed by atoms with Crippen LogP contribution in [0.25, 0.3) is 0 Å². The monoisotopic (exact) mass is 536 g/mol. The van der Waals surface area contributed by atoms with E-state index in [-0.39, 0.29) is 25.7 Å². The molecule has 10 N–H and O–H groups in total. The van der Waals surface area contributed by atoms with Gasteiger partial charge in [-0.05, 0) is 69.1 Å². The van der Waals surface area contributed by atoms with Crippen LogP contribution in [0.3, 0.4) is 0 Å². The summed E-state index contributed by atoms with van der Waals surface area (Å²) in [7, 11) is 0. The average molecular weight is 537 g/mol. The van der Waals surface area contributed by atoms with Crippen molar-refractivity contribution in [3.63, 3.8) is 0 Å². The third kappa shape index (κ3) is 14.9. The molecule has 0 bridgehead atoms. The molecular formula is C21H40N6O6S2. The topological polar surface area (TPSA) is 220 Å². The van der Waals surface area contributed by atoms with Gasteiger partial charge in [0.1, 0.15) is 18.1 Å². The molecule has 0 saturated heterocycles. The Morgan fingerprint density at radius 1 is 0.771 bits per heavy atom. The molecule has 4 unspecified atom stereocenters. The van der Waals surface area contributed by atoms with Crippen LogP contribution in [0.5, 0.6) is 0 Å². The highest BCUT2D eigenvalue weighted by Gasteiger charge is 2.30. The number of carboxylic acid groups (broad SMARTS) is 1. The van der Waals surface area contributed by atoms with E-state index >= 15 is 0 Å². The number of hydrogen-bond acceptors (Lipinski definition) is 9. The molecule has 35 heavy (non-hydrogen) atoms. The van der Waals surface area contributed by atoms with Gasteiger partial charge in [-0.25, -0.2) is 4.79 Å². The van der Waals surface area contributed by atoms with Gasteiger partial charge in [-0.15, -0.1) is 0 Å². The number of nitrogens with one attached hydrogen (secondary N) is 3. The molecule has 0 fully saturated rings. The number of nitrogens with two attached hydrogens (primary N) is 3. The first-order valence-electron chi connectivity index (χ1n) is 11.4. The van der Waals surface area contributed by atoms with E-state index in [1.807, 2.05) is 12.5 Å². The number of unbranched alkanes of at least 4 members (excludes halogenated alkanes) is 1. The van der Waals surface area contributed by atoms with Gasteiger partial charge >= 0.3 is 5.97 Å². The van der Waals surface area contributed by atoms with E-state index < -0.39 is 53.8 Å². The third-order valence-electron chi connectivity index (χ3n) is 5.09. The second-order valence-corrected chi connectivity index (χ2v) is 9.95. The summed E-state index contributed by atoms with van der Waals surface area (Å²) in [5.41, 5.74) is 16.5. The van der Waals surface area contributed by atoms with Gasteiger partial charge in [0.25, 0.3) is 0 Å². The Labute approximate surface area is 215 Å². The molecule has 0 aromatic heterocycles. The summed E-state index contributed by atoms with van der Waals surface area (Å²) in [4.78, 5) is 61.1. The van der Waals surface area contributed by atoms with Crippen LogP contribution in [0, 0.1) is 0 Å². The number of carboxylic acids is 1. The lowest BCUT2D eigenvalue weighted by atomic mass is 10.1. The Hall–Kier alpha value is -2.03. The predicted octanol–water partition coefficient (Wildman–Crippen LogP) is -1.25. The molecule has 0 aliphatic carbocycles. The molecule has 0 saturated carbocycles. The largest absolute Gasteiger partial charge is 0.480 e. The molecule has 14 heteroatoms. The Morgan fingerprint density at radius 3 is 1.80 bits per heavy atom. The highest BCUT2D eigenvalue weighted by molar-refractivity contribution is 7.98. The van der Waals surface area contributed by atoms with Gasteiger partial charge in [-0.2, -0.15) is 23.5 Å². The predicted molar refractivity (Wildman–Crippen MR) is 139 cm³/mol. The highest BCUT2D eigenvalue weighted by atomic mass is 32.2. The number of thioether (sulfide) groups is 2. The first-order valence-corrected chi connectivity index (χ1v) is 14.2. The van der Waals surface area contributed by atoms with Crippen LogP contribution in [0.1, 0.15) is 44.9 Å². The van der Waals surface area contributed by atoms with Crippen molar-refractivity contribution in [3.05, 3.63) is 0 Å². The van der Waals surface area contributed by atoms with Crippen LogP contribution in [-0.4, -0.2) is 89.4 Å². The zero-order valence-electron chi connectivity index (χ0n) is 20.4.